The highest BCUT2D eigenvalue weighted by molar-refractivity contribution is 6.05. The molecule has 0 aliphatic carbocycles. The van der Waals surface area contributed by atoms with Crippen molar-refractivity contribution in [3.05, 3.63) is 0 Å². The van der Waals surface area contributed by atoms with E-state index in [1.54, 1.807) is 0 Å². The third-order valence-electron chi connectivity index (χ3n) is 2.26. The fourth-order valence-corrected chi connectivity index (χ4v) is 1.46. The number of carbonyl (C=O) groups is 1. The molecule has 0 spiro atoms. The molecule has 1 aliphatic rings. The van der Waals surface area contributed by atoms with Crippen LogP contribution in [-0.4, -0.2) is 31.1 Å². The lowest BCUT2D eigenvalue weighted by molar-refractivity contribution is -0.150. The van der Waals surface area contributed by atoms with Crippen LogP contribution in [0, 0.1) is 5.92 Å². The summed E-state index contributed by atoms with van der Waals surface area (Å²) in [5.74, 6) is -0.0625. The van der Waals surface area contributed by atoms with Crippen LogP contribution >= 0.6 is 0 Å². The highest BCUT2D eigenvalue weighted by Crippen LogP contribution is 2.15. The number of amides is 1. The van der Waals surface area contributed by atoms with Gasteiger partial charge in [-0.3, -0.25) is 4.79 Å². The molecule has 0 aromatic carbocycles. The molecule has 15 heavy (non-hydrogen) atoms. The summed E-state index contributed by atoms with van der Waals surface area (Å²) in [5.41, 5.74) is 3.23. The molecule has 0 fully saturated rings. The second-order valence-corrected chi connectivity index (χ2v) is 3.38. The molecule has 5 heteroatoms. The predicted molar refractivity (Wildman–Crippen MR) is 56.4 cm³/mol. The molecule has 0 aromatic rings. The lowest BCUT2D eigenvalue weighted by Gasteiger charge is -2.22. The van der Waals surface area contributed by atoms with Gasteiger partial charge < -0.3 is 9.47 Å². The number of hydrogen-bond donors (Lipinski definition) is 1. The molecule has 0 saturated carbocycles. The van der Waals surface area contributed by atoms with Crippen LogP contribution in [0.1, 0.15) is 27.2 Å². The highest BCUT2D eigenvalue weighted by Gasteiger charge is 2.27. The van der Waals surface area contributed by atoms with Crippen molar-refractivity contribution < 1.29 is 14.3 Å². The SMILES string of the molecule is CCOC(OCC)C(C)C1=NNC(=O)C1. The van der Waals surface area contributed by atoms with Crippen LogP contribution in [0.2, 0.25) is 0 Å². The highest BCUT2D eigenvalue weighted by atomic mass is 16.7. The Morgan fingerprint density at radius 1 is 1.40 bits per heavy atom. The smallest absolute Gasteiger partial charge is 0.245 e. The molecule has 1 aliphatic heterocycles. The molecule has 1 heterocycles. The maximum absolute atomic E-state index is 11.0. The summed E-state index contributed by atoms with van der Waals surface area (Å²) >= 11 is 0. The molecular formula is C10H18N2O3. The second-order valence-electron chi connectivity index (χ2n) is 3.38. The zero-order chi connectivity index (χ0) is 11.3. The van der Waals surface area contributed by atoms with Crippen molar-refractivity contribution >= 4 is 11.6 Å². The fourth-order valence-electron chi connectivity index (χ4n) is 1.46. The largest absolute Gasteiger partial charge is 0.352 e. The summed E-state index contributed by atoms with van der Waals surface area (Å²) in [6, 6.07) is 0. The molecule has 1 amide bonds. The van der Waals surface area contributed by atoms with Crippen LogP contribution < -0.4 is 5.43 Å². The number of hydrogen-bond acceptors (Lipinski definition) is 4. The zero-order valence-electron chi connectivity index (χ0n) is 9.45. The van der Waals surface area contributed by atoms with Gasteiger partial charge in [0.2, 0.25) is 5.91 Å². The van der Waals surface area contributed by atoms with Gasteiger partial charge in [0.15, 0.2) is 6.29 Å². The Kier molecular flexibility index (Phi) is 4.71. The quantitative estimate of drug-likeness (QED) is 0.668. The van der Waals surface area contributed by atoms with Gasteiger partial charge in [-0.1, -0.05) is 6.92 Å². The Hall–Kier alpha value is -0.940. The van der Waals surface area contributed by atoms with E-state index < -0.39 is 0 Å². The molecule has 1 rings (SSSR count). The molecule has 0 radical (unpaired) electrons. The minimum absolute atomic E-state index is 0.00356. The summed E-state index contributed by atoms with van der Waals surface area (Å²) in [6.07, 6.45) is 0.0316. The third kappa shape index (κ3) is 3.28. The zero-order valence-corrected chi connectivity index (χ0v) is 9.45. The third-order valence-corrected chi connectivity index (χ3v) is 2.26. The van der Waals surface area contributed by atoms with Crippen molar-refractivity contribution in [1.82, 2.24) is 5.43 Å². The van der Waals surface area contributed by atoms with Crippen molar-refractivity contribution in [1.29, 1.82) is 0 Å². The van der Waals surface area contributed by atoms with Crippen LogP contribution in [-0.2, 0) is 14.3 Å². The molecule has 0 saturated heterocycles. The van der Waals surface area contributed by atoms with Gasteiger partial charge >= 0.3 is 0 Å². The van der Waals surface area contributed by atoms with E-state index in [4.69, 9.17) is 9.47 Å². The van der Waals surface area contributed by atoms with Crippen molar-refractivity contribution in [2.45, 2.75) is 33.5 Å². The van der Waals surface area contributed by atoms with E-state index in [9.17, 15) is 4.79 Å². The predicted octanol–water partition coefficient (Wildman–Crippen LogP) is 0.897. The van der Waals surface area contributed by atoms with Gasteiger partial charge in [0.1, 0.15) is 0 Å². The maximum Gasteiger partial charge on any atom is 0.245 e. The Bertz CT molecular complexity index is 247. The first-order valence-electron chi connectivity index (χ1n) is 5.27. The molecule has 86 valence electrons. The van der Waals surface area contributed by atoms with Crippen LogP contribution in [0.4, 0.5) is 0 Å². The average Bonchev–Trinajstić information content (AvgIpc) is 2.63. The minimum atomic E-state index is -0.313. The number of hydrazone groups is 1. The molecule has 5 nitrogen and oxygen atoms in total. The first kappa shape index (κ1) is 12.1. The first-order valence-corrected chi connectivity index (χ1v) is 5.27. The second kappa shape index (κ2) is 5.82. The Labute approximate surface area is 89.8 Å². The van der Waals surface area contributed by atoms with E-state index in [1.807, 2.05) is 20.8 Å². The maximum atomic E-state index is 11.0. The molecular weight excluding hydrogens is 196 g/mol. The topological polar surface area (TPSA) is 59.9 Å². The molecule has 0 aromatic heterocycles. The monoisotopic (exact) mass is 214 g/mol. The summed E-state index contributed by atoms with van der Waals surface area (Å²) < 4.78 is 10.9. The van der Waals surface area contributed by atoms with Crippen LogP contribution in [0.25, 0.3) is 0 Å². The van der Waals surface area contributed by atoms with Crippen molar-refractivity contribution in [3.8, 4) is 0 Å². The van der Waals surface area contributed by atoms with Crippen LogP contribution in [0.5, 0.6) is 0 Å². The van der Waals surface area contributed by atoms with Crippen molar-refractivity contribution in [2.75, 3.05) is 13.2 Å². The average molecular weight is 214 g/mol. The first-order chi connectivity index (χ1) is 7.19. The number of rotatable bonds is 6. The standard InChI is InChI=1S/C10H18N2O3/c1-4-14-10(15-5-2)7(3)8-6-9(13)12-11-8/h7,10H,4-6H2,1-3H3,(H,12,13). The summed E-state index contributed by atoms with van der Waals surface area (Å²) in [6.45, 7) is 6.96. The summed E-state index contributed by atoms with van der Waals surface area (Å²) in [7, 11) is 0. The minimum Gasteiger partial charge on any atom is -0.352 e. The number of ether oxygens (including phenoxy) is 2. The number of carbonyl (C=O) groups excluding carboxylic acids is 1. The number of nitrogens with zero attached hydrogens (tertiary/aromatic N) is 1. The van der Waals surface area contributed by atoms with Gasteiger partial charge in [0.25, 0.3) is 0 Å². The van der Waals surface area contributed by atoms with E-state index in [0.717, 1.165) is 5.71 Å². The van der Waals surface area contributed by atoms with Gasteiger partial charge in [-0.2, -0.15) is 5.10 Å². The van der Waals surface area contributed by atoms with E-state index in [2.05, 4.69) is 10.5 Å². The summed E-state index contributed by atoms with van der Waals surface area (Å²) in [5, 5.41) is 3.96. The van der Waals surface area contributed by atoms with Crippen LogP contribution in [0.3, 0.4) is 0 Å². The lowest BCUT2D eigenvalue weighted by Crippen LogP contribution is -2.30. The molecule has 0 bridgehead atoms. The van der Waals surface area contributed by atoms with Crippen LogP contribution in [0.15, 0.2) is 5.10 Å². The fraction of sp³-hybridized carbons (Fsp3) is 0.800. The Morgan fingerprint density at radius 3 is 2.40 bits per heavy atom. The van der Waals surface area contributed by atoms with Crippen molar-refractivity contribution in [2.24, 2.45) is 11.0 Å². The van der Waals surface area contributed by atoms with Gasteiger partial charge in [0, 0.05) is 19.1 Å². The van der Waals surface area contributed by atoms with Gasteiger partial charge in [-0.15, -0.1) is 0 Å². The van der Waals surface area contributed by atoms with E-state index in [0.29, 0.717) is 19.6 Å². The molecule has 1 N–H and O–H groups in total. The lowest BCUT2D eigenvalue weighted by atomic mass is 10.0. The molecule has 1 atom stereocenters. The van der Waals surface area contributed by atoms with E-state index in [-0.39, 0.29) is 18.1 Å². The molecule has 1 unspecified atom stereocenters. The van der Waals surface area contributed by atoms with Gasteiger partial charge in [0.05, 0.1) is 12.1 Å². The van der Waals surface area contributed by atoms with Gasteiger partial charge in [-0.25, -0.2) is 5.43 Å². The van der Waals surface area contributed by atoms with Gasteiger partial charge in [-0.05, 0) is 13.8 Å². The Morgan fingerprint density at radius 2 is 2.00 bits per heavy atom. The van der Waals surface area contributed by atoms with Crippen molar-refractivity contribution in [3.63, 3.8) is 0 Å². The Balaban J connectivity index is 2.54. The normalized spacial score (nSPS) is 17.9. The van der Waals surface area contributed by atoms with E-state index in [1.165, 1.54) is 0 Å². The number of nitrogens with one attached hydrogen (secondary N) is 1. The summed E-state index contributed by atoms with van der Waals surface area (Å²) in [4.78, 5) is 11.0. The van der Waals surface area contributed by atoms with E-state index >= 15 is 0 Å².